The molecule has 1 aromatic heterocycles. The molecule has 3 rings (SSSR count). The normalized spacial score (nSPS) is 11.3. The summed E-state index contributed by atoms with van der Waals surface area (Å²) in [6.07, 6.45) is -1.96. The van der Waals surface area contributed by atoms with Crippen LogP contribution in [0, 0.1) is 6.92 Å². The first kappa shape index (κ1) is 26.3. The van der Waals surface area contributed by atoms with Gasteiger partial charge < -0.3 is 15.2 Å². The molecular weight excluding hydrogens is 479 g/mol. The summed E-state index contributed by atoms with van der Waals surface area (Å²) in [5.74, 6) is -0.514. The predicted octanol–water partition coefficient (Wildman–Crippen LogP) is 6.35. The van der Waals surface area contributed by atoms with E-state index in [9.17, 15) is 22.8 Å². The van der Waals surface area contributed by atoms with Gasteiger partial charge >= 0.3 is 12.1 Å². The third kappa shape index (κ3) is 7.85. The number of ether oxygens (including phenoxy) is 1. The number of carboxylic acid groups (broad SMARTS) is 1. The van der Waals surface area contributed by atoms with Crippen molar-refractivity contribution in [1.82, 2.24) is 5.32 Å². The molecule has 0 saturated carbocycles. The average Bonchev–Trinajstić information content (AvgIpc) is 3.27. The number of carbonyl (C=O) groups is 2. The Hall–Kier alpha value is -3.33. The Morgan fingerprint density at radius 1 is 1.03 bits per heavy atom. The van der Waals surface area contributed by atoms with E-state index in [2.05, 4.69) is 5.32 Å². The fourth-order valence-corrected chi connectivity index (χ4v) is 4.45. The van der Waals surface area contributed by atoms with E-state index in [0.717, 1.165) is 47.4 Å². The van der Waals surface area contributed by atoms with Crippen molar-refractivity contribution in [3.05, 3.63) is 75.5 Å². The van der Waals surface area contributed by atoms with E-state index in [0.29, 0.717) is 22.8 Å². The smallest absolute Gasteiger partial charge is 0.416 e. The largest absolute Gasteiger partial charge is 0.494 e. The third-order valence-electron chi connectivity index (χ3n) is 5.32. The molecule has 0 fully saturated rings. The van der Waals surface area contributed by atoms with Gasteiger partial charge in [0.15, 0.2) is 0 Å². The summed E-state index contributed by atoms with van der Waals surface area (Å²) in [7, 11) is 0. The number of alkyl halides is 3. The van der Waals surface area contributed by atoms with Crippen LogP contribution in [0.15, 0.2) is 54.6 Å². The van der Waals surface area contributed by atoms with E-state index in [-0.39, 0.29) is 18.9 Å². The zero-order chi connectivity index (χ0) is 25.4. The number of aryl methyl sites for hydroxylation is 2. The fraction of sp³-hybridized carbons (Fsp3) is 0.308. The van der Waals surface area contributed by atoms with Crippen molar-refractivity contribution < 1.29 is 32.6 Å². The molecule has 2 aromatic carbocycles. The lowest BCUT2D eigenvalue weighted by molar-refractivity contribution is -0.138. The second kappa shape index (κ2) is 11.9. The van der Waals surface area contributed by atoms with Crippen molar-refractivity contribution in [2.45, 2.75) is 38.8 Å². The quantitative estimate of drug-likeness (QED) is 0.298. The molecule has 9 heteroatoms. The summed E-state index contributed by atoms with van der Waals surface area (Å²) >= 11 is 1.40. The lowest BCUT2D eigenvalue weighted by Gasteiger charge is -2.12. The van der Waals surface area contributed by atoms with Crippen LogP contribution in [-0.4, -0.2) is 30.1 Å². The molecule has 186 valence electrons. The van der Waals surface area contributed by atoms with Crippen LogP contribution in [0.3, 0.4) is 0 Å². The molecule has 5 nitrogen and oxygen atoms in total. The first-order chi connectivity index (χ1) is 16.6. The summed E-state index contributed by atoms with van der Waals surface area (Å²) in [6, 6.07) is 14.3. The predicted molar refractivity (Wildman–Crippen MR) is 129 cm³/mol. The van der Waals surface area contributed by atoms with Gasteiger partial charge in [-0.25, -0.2) is 0 Å². The van der Waals surface area contributed by atoms with Gasteiger partial charge in [-0.05, 0) is 79.3 Å². The molecule has 3 aromatic rings. The fourth-order valence-electron chi connectivity index (χ4n) is 3.48. The highest BCUT2D eigenvalue weighted by Gasteiger charge is 2.30. The number of unbranched alkanes of at least 4 members (excludes halogenated alkanes) is 1. The molecular formula is C26H26F3NO4S. The SMILES string of the molecule is Cc1cc(OCCCCc2ccc(C(=O)NCCC(=O)O)s2)ccc1-c1ccc(C(F)(F)F)cc1. The molecule has 0 spiro atoms. The molecule has 0 saturated heterocycles. The lowest BCUT2D eigenvalue weighted by atomic mass is 9.99. The van der Waals surface area contributed by atoms with Crippen molar-refractivity contribution in [2.75, 3.05) is 13.2 Å². The number of hydrogen-bond donors (Lipinski definition) is 2. The van der Waals surface area contributed by atoms with Crippen molar-refractivity contribution in [3.63, 3.8) is 0 Å². The highest BCUT2D eigenvalue weighted by atomic mass is 32.1. The molecule has 0 aliphatic carbocycles. The number of halogens is 3. The minimum Gasteiger partial charge on any atom is -0.494 e. The minimum atomic E-state index is -4.35. The molecule has 1 heterocycles. The van der Waals surface area contributed by atoms with Crippen molar-refractivity contribution in [3.8, 4) is 16.9 Å². The summed E-state index contributed by atoms with van der Waals surface area (Å²) < 4.78 is 44.1. The van der Waals surface area contributed by atoms with Gasteiger partial charge in [-0.3, -0.25) is 9.59 Å². The van der Waals surface area contributed by atoms with Gasteiger partial charge in [-0.2, -0.15) is 13.2 Å². The molecule has 0 aliphatic heterocycles. The molecule has 1 amide bonds. The zero-order valence-corrected chi connectivity index (χ0v) is 20.0. The van der Waals surface area contributed by atoms with Gasteiger partial charge in [0, 0.05) is 11.4 Å². The second-order valence-corrected chi connectivity index (χ2v) is 9.19. The molecule has 0 atom stereocenters. The summed E-state index contributed by atoms with van der Waals surface area (Å²) in [5, 5.41) is 11.2. The summed E-state index contributed by atoms with van der Waals surface area (Å²) in [5.41, 5.74) is 1.81. The van der Waals surface area contributed by atoms with Gasteiger partial charge in [-0.15, -0.1) is 11.3 Å². The Labute approximate surface area is 205 Å². The van der Waals surface area contributed by atoms with Crippen LogP contribution in [0.1, 0.15) is 44.9 Å². The van der Waals surface area contributed by atoms with Crippen molar-refractivity contribution >= 4 is 23.2 Å². The van der Waals surface area contributed by atoms with E-state index in [4.69, 9.17) is 9.84 Å². The molecule has 0 bridgehead atoms. The number of aliphatic carboxylic acids is 1. The van der Waals surface area contributed by atoms with Gasteiger partial charge in [0.1, 0.15) is 5.75 Å². The van der Waals surface area contributed by atoms with Crippen LogP contribution >= 0.6 is 11.3 Å². The maximum absolute atomic E-state index is 12.8. The molecule has 0 radical (unpaired) electrons. The van der Waals surface area contributed by atoms with Crippen LogP contribution in [0.25, 0.3) is 11.1 Å². The number of thiophene rings is 1. The Kier molecular flexibility index (Phi) is 8.92. The lowest BCUT2D eigenvalue weighted by Crippen LogP contribution is -2.25. The van der Waals surface area contributed by atoms with E-state index in [1.165, 1.54) is 23.5 Å². The molecule has 35 heavy (non-hydrogen) atoms. The number of rotatable bonds is 11. The van der Waals surface area contributed by atoms with Crippen molar-refractivity contribution in [2.24, 2.45) is 0 Å². The van der Waals surface area contributed by atoms with Gasteiger partial charge in [-0.1, -0.05) is 18.2 Å². The molecule has 0 unspecified atom stereocenters. The van der Waals surface area contributed by atoms with E-state index >= 15 is 0 Å². The zero-order valence-electron chi connectivity index (χ0n) is 19.2. The maximum Gasteiger partial charge on any atom is 0.416 e. The summed E-state index contributed by atoms with van der Waals surface area (Å²) in [6.45, 7) is 2.52. The second-order valence-electron chi connectivity index (χ2n) is 8.02. The topological polar surface area (TPSA) is 75.6 Å². The standard InChI is InChI=1S/C26H26F3NO4S/c1-17-16-20(9-11-22(17)18-5-7-19(8-6-18)26(27,28)29)34-15-3-2-4-21-10-12-23(35-21)25(33)30-14-13-24(31)32/h5-12,16H,2-4,13-15H2,1H3,(H,30,33)(H,31,32). The minimum absolute atomic E-state index is 0.101. The number of carbonyl (C=O) groups excluding carboxylic acids is 1. The van der Waals surface area contributed by atoms with Crippen LogP contribution in [0.2, 0.25) is 0 Å². The number of amides is 1. The van der Waals surface area contributed by atoms with Gasteiger partial charge in [0.05, 0.1) is 23.5 Å². The highest BCUT2D eigenvalue weighted by Crippen LogP contribution is 2.32. The number of hydrogen-bond acceptors (Lipinski definition) is 4. The van der Waals surface area contributed by atoms with Crippen molar-refractivity contribution in [1.29, 1.82) is 0 Å². The summed E-state index contributed by atoms with van der Waals surface area (Å²) in [4.78, 5) is 24.2. The first-order valence-electron chi connectivity index (χ1n) is 11.1. The van der Waals surface area contributed by atoms with Crippen LogP contribution in [0.5, 0.6) is 5.75 Å². The third-order valence-corrected chi connectivity index (χ3v) is 6.46. The molecule has 2 N–H and O–H groups in total. The number of nitrogens with one attached hydrogen (secondary N) is 1. The average molecular weight is 506 g/mol. The van der Waals surface area contributed by atoms with Gasteiger partial charge in [0.25, 0.3) is 5.91 Å². The Balaban J connectivity index is 1.43. The number of carboxylic acids is 1. The first-order valence-corrected chi connectivity index (χ1v) is 11.9. The van der Waals surface area contributed by atoms with Crippen LogP contribution in [-0.2, 0) is 17.4 Å². The van der Waals surface area contributed by atoms with Gasteiger partial charge in [0.2, 0.25) is 0 Å². The van der Waals surface area contributed by atoms with E-state index < -0.39 is 17.7 Å². The van der Waals surface area contributed by atoms with Crippen LogP contribution < -0.4 is 10.1 Å². The van der Waals surface area contributed by atoms with E-state index in [1.54, 1.807) is 6.07 Å². The maximum atomic E-state index is 12.8. The monoisotopic (exact) mass is 505 g/mol. The Bertz CT molecular complexity index is 1160. The molecule has 0 aliphatic rings. The Morgan fingerprint density at radius 3 is 2.43 bits per heavy atom. The van der Waals surface area contributed by atoms with Crippen LogP contribution in [0.4, 0.5) is 13.2 Å². The Morgan fingerprint density at radius 2 is 1.77 bits per heavy atom. The van der Waals surface area contributed by atoms with E-state index in [1.807, 2.05) is 31.2 Å². The highest BCUT2D eigenvalue weighted by molar-refractivity contribution is 7.14. The number of benzene rings is 2.